The Bertz CT molecular complexity index is 565. The Morgan fingerprint density at radius 1 is 1.43 bits per heavy atom. The van der Waals surface area contributed by atoms with Crippen molar-refractivity contribution >= 4 is 21.8 Å². The predicted octanol–water partition coefficient (Wildman–Crippen LogP) is 2.65. The fraction of sp³-hybridized carbons (Fsp3) is 0.467. The van der Waals surface area contributed by atoms with Gasteiger partial charge < -0.3 is 4.90 Å². The Hall–Kier alpha value is -1.45. The molecule has 1 atom stereocenters. The van der Waals surface area contributed by atoms with E-state index in [2.05, 4.69) is 26.9 Å². The average Bonchev–Trinajstić information content (AvgIpc) is 2.48. The van der Waals surface area contributed by atoms with Crippen LogP contribution in [0.1, 0.15) is 23.7 Å². The summed E-state index contributed by atoms with van der Waals surface area (Å²) in [7, 11) is 0. The molecular weight excluding hydrogens is 337 g/mol. The van der Waals surface area contributed by atoms with Gasteiger partial charge in [0.25, 0.3) is 5.91 Å². The zero-order valence-corrected chi connectivity index (χ0v) is 13.4. The van der Waals surface area contributed by atoms with Crippen molar-refractivity contribution in [2.75, 3.05) is 26.2 Å². The average molecular weight is 354 g/mol. The number of carbonyl (C=O) groups excluding carboxylic acids is 1. The minimum absolute atomic E-state index is 0.0963. The molecule has 1 heterocycles. The van der Waals surface area contributed by atoms with Crippen molar-refractivity contribution in [3.63, 3.8) is 0 Å². The Labute approximate surface area is 132 Å². The molecule has 1 aromatic rings. The van der Waals surface area contributed by atoms with E-state index in [9.17, 15) is 9.18 Å². The van der Waals surface area contributed by atoms with E-state index in [4.69, 9.17) is 5.26 Å². The van der Waals surface area contributed by atoms with E-state index in [0.717, 1.165) is 6.42 Å². The SMILES string of the molecule is CCC(C#N)N1CCN(C(=O)c2ccc(Br)cc2F)CC1. The Kier molecular flexibility index (Phi) is 5.32. The highest BCUT2D eigenvalue weighted by Crippen LogP contribution is 2.18. The summed E-state index contributed by atoms with van der Waals surface area (Å²) in [6.07, 6.45) is 0.770. The van der Waals surface area contributed by atoms with Crippen molar-refractivity contribution in [2.24, 2.45) is 0 Å². The summed E-state index contributed by atoms with van der Waals surface area (Å²) < 4.78 is 14.5. The van der Waals surface area contributed by atoms with Gasteiger partial charge in [-0.2, -0.15) is 5.26 Å². The molecular formula is C15H17BrFN3O. The third kappa shape index (κ3) is 3.60. The number of piperazine rings is 1. The molecule has 112 valence electrons. The lowest BCUT2D eigenvalue weighted by molar-refractivity contribution is 0.0600. The van der Waals surface area contributed by atoms with Gasteiger partial charge in [-0.25, -0.2) is 4.39 Å². The van der Waals surface area contributed by atoms with Crippen molar-refractivity contribution < 1.29 is 9.18 Å². The normalized spacial score (nSPS) is 17.3. The monoisotopic (exact) mass is 353 g/mol. The molecule has 0 radical (unpaired) electrons. The van der Waals surface area contributed by atoms with Crippen molar-refractivity contribution in [1.29, 1.82) is 5.26 Å². The van der Waals surface area contributed by atoms with Crippen LogP contribution >= 0.6 is 15.9 Å². The van der Waals surface area contributed by atoms with Crippen molar-refractivity contribution in [2.45, 2.75) is 19.4 Å². The van der Waals surface area contributed by atoms with E-state index in [1.807, 2.05) is 6.92 Å². The highest BCUT2D eigenvalue weighted by Gasteiger charge is 2.26. The highest BCUT2D eigenvalue weighted by atomic mass is 79.9. The van der Waals surface area contributed by atoms with Crippen molar-refractivity contribution in [1.82, 2.24) is 9.80 Å². The minimum atomic E-state index is -0.514. The molecule has 1 aliphatic rings. The molecule has 0 aromatic heterocycles. The second-order valence-corrected chi connectivity index (χ2v) is 5.92. The van der Waals surface area contributed by atoms with E-state index in [1.54, 1.807) is 11.0 Å². The third-order valence-corrected chi connectivity index (χ3v) is 4.23. The van der Waals surface area contributed by atoms with E-state index < -0.39 is 5.82 Å². The maximum Gasteiger partial charge on any atom is 0.256 e. The van der Waals surface area contributed by atoms with Crippen LogP contribution in [0.15, 0.2) is 22.7 Å². The lowest BCUT2D eigenvalue weighted by Crippen LogP contribution is -2.51. The number of hydrogen-bond acceptors (Lipinski definition) is 3. The van der Waals surface area contributed by atoms with Crippen LogP contribution in [-0.2, 0) is 0 Å². The summed E-state index contributed by atoms with van der Waals surface area (Å²) in [5, 5.41) is 9.07. The number of hydrogen-bond donors (Lipinski definition) is 0. The molecule has 1 fully saturated rings. The standard InChI is InChI=1S/C15H17BrFN3O/c1-2-12(10-18)19-5-7-20(8-6-19)15(21)13-4-3-11(16)9-14(13)17/h3-4,9,12H,2,5-8H2,1H3. The minimum Gasteiger partial charge on any atom is -0.336 e. The zero-order chi connectivity index (χ0) is 15.4. The number of nitriles is 1. The van der Waals surface area contributed by atoms with Crippen molar-refractivity contribution in [3.05, 3.63) is 34.1 Å². The topological polar surface area (TPSA) is 47.3 Å². The number of nitrogens with zero attached hydrogens (tertiary/aromatic N) is 3. The fourth-order valence-electron chi connectivity index (χ4n) is 2.50. The van der Waals surface area contributed by atoms with Gasteiger partial charge >= 0.3 is 0 Å². The van der Waals surface area contributed by atoms with Crippen LogP contribution in [0.5, 0.6) is 0 Å². The number of rotatable bonds is 3. The largest absolute Gasteiger partial charge is 0.336 e. The van der Waals surface area contributed by atoms with Gasteiger partial charge in [0.1, 0.15) is 5.82 Å². The van der Waals surface area contributed by atoms with Gasteiger partial charge in [-0.3, -0.25) is 9.69 Å². The maximum absolute atomic E-state index is 13.8. The van der Waals surface area contributed by atoms with Gasteiger partial charge in [0.15, 0.2) is 0 Å². The molecule has 0 aliphatic carbocycles. The second-order valence-electron chi connectivity index (χ2n) is 5.01. The van der Waals surface area contributed by atoms with Gasteiger partial charge in [-0.05, 0) is 24.6 Å². The third-order valence-electron chi connectivity index (χ3n) is 3.74. The first-order valence-corrected chi connectivity index (χ1v) is 7.74. The Morgan fingerprint density at radius 3 is 2.62 bits per heavy atom. The Morgan fingerprint density at radius 2 is 2.10 bits per heavy atom. The zero-order valence-electron chi connectivity index (χ0n) is 11.9. The molecule has 0 saturated carbocycles. The predicted molar refractivity (Wildman–Crippen MR) is 81.3 cm³/mol. The Balaban J connectivity index is 2.02. The molecule has 21 heavy (non-hydrogen) atoms. The summed E-state index contributed by atoms with van der Waals surface area (Å²) in [4.78, 5) is 16.1. The van der Waals surface area contributed by atoms with E-state index >= 15 is 0 Å². The van der Waals surface area contributed by atoms with Crippen LogP contribution in [0.25, 0.3) is 0 Å². The second kappa shape index (κ2) is 7.01. The molecule has 6 heteroatoms. The lowest BCUT2D eigenvalue weighted by atomic mass is 10.1. The molecule has 1 aromatic carbocycles. The van der Waals surface area contributed by atoms with Crippen LogP contribution in [0.2, 0.25) is 0 Å². The number of halogens is 2. The van der Waals surface area contributed by atoms with Crippen LogP contribution < -0.4 is 0 Å². The van der Waals surface area contributed by atoms with Gasteiger partial charge in [0.2, 0.25) is 0 Å². The van der Waals surface area contributed by atoms with Gasteiger partial charge in [-0.1, -0.05) is 22.9 Å². The highest BCUT2D eigenvalue weighted by molar-refractivity contribution is 9.10. The first kappa shape index (κ1) is 15.9. The van der Waals surface area contributed by atoms with Gasteiger partial charge in [0, 0.05) is 30.7 Å². The molecule has 1 aliphatic heterocycles. The van der Waals surface area contributed by atoms with Crippen LogP contribution in [0, 0.1) is 17.1 Å². The molecule has 4 nitrogen and oxygen atoms in total. The molecule has 2 rings (SSSR count). The van der Waals surface area contributed by atoms with Gasteiger partial charge in [0.05, 0.1) is 17.7 Å². The smallest absolute Gasteiger partial charge is 0.256 e. The first-order chi connectivity index (χ1) is 10.1. The van der Waals surface area contributed by atoms with Crippen LogP contribution in [-0.4, -0.2) is 47.9 Å². The lowest BCUT2D eigenvalue weighted by Gasteiger charge is -2.36. The molecule has 0 N–H and O–H groups in total. The molecule has 1 amide bonds. The van der Waals surface area contributed by atoms with E-state index in [0.29, 0.717) is 30.7 Å². The summed E-state index contributed by atoms with van der Waals surface area (Å²) in [6.45, 7) is 4.31. The molecule has 1 unspecified atom stereocenters. The fourth-order valence-corrected chi connectivity index (χ4v) is 2.83. The van der Waals surface area contributed by atoms with Crippen molar-refractivity contribution in [3.8, 4) is 6.07 Å². The number of benzene rings is 1. The quantitative estimate of drug-likeness (QED) is 0.839. The van der Waals surface area contributed by atoms with Gasteiger partial charge in [-0.15, -0.1) is 0 Å². The van der Waals surface area contributed by atoms with Crippen LogP contribution in [0.3, 0.4) is 0 Å². The molecule has 1 saturated heterocycles. The summed E-state index contributed by atoms with van der Waals surface area (Å²) in [5.74, 6) is -0.801. The molecule has 0 spiro atoms. The maximum atomic E-state index is 13.8. The van der Waals surface area contributed by atoms with Crippen LogP contribution in [0.4, 0.5) is 4.39 Å². The summed E-state index contributed by atoms with van der Waals surface area (Å²) in [5.41, 5.74) is 0.0963. The number of carbonyl (C=O) groups is 1. The molecule has 0 bridgehead atoms. The summed E-state index contributed by atoms with van der Waals surface area (Å²) >= 11 is 3.18. The van der Waals surface area contributed by atoms with E-state index in [1.165, 1.54) is 12.1 Å². The number of amides is 1. The first-order valence-electron chi connectivity index (χ1n) is 6.94. The summed E-state index contributed by atoms with van der Waals surface area (Å²) in [6, 6.07) is 6.62. The van der Waals surface area contributed by atoms with E-state index in [-0.39, 0.29) is 17.5 Å².